The van der Waals surface area contributed by atoms with Crippen molar-refractivity contribution in [2.75, 3.05) is 13.1 Å². The van der Waals surface area contributed by atoms with Crippen LogP contribution in [0, 0.1) is 0 Å². The van der Waals surface area contributed by atoms with Crippen LogP contribution in [-0.2, 0) is 10.0 Å². The van der Waals surface area contributed by atoms with Gasteiger partial charge in [0.15, 0.2) is 0 Å². The molecule has 0 bridgehead atoms. The molecule has 0 radical (unpaired) electrons. The topological polar surface area (TPSA) is 46.6 Å². The molecule has 1 fully saturated rings. The first-order chi connectivity index (χ1) is 12.3. The summed E-state index contributed by atoms with van der Waals surface area (Å²) in [5.74, 6) is -0.463. The Hall–Kier alpha value is -2.06. The Kier molecular flexibility index (Phi) is 5.24. The first-order valence-electron chi connectivity index (χ1n) is 8.17. The van der Waals surface area contributed by atoms with E-state index in [1.54, 1.807) is 0 Å². The standard InChI is InChI=1S/C18H18F3NO3S/c19-18(20,21)25-16-8-4-5-9-17(16)26(23,24)22-12-10-15(11-13-22)14-6-2-1-3-7-14/h1-9,15H,10-13H2. The van der Waals surface area contributed by atoms with E-state index in [1.807, 2.05) is 30.3 Å². The smallest absolute Gasteiger partial charge is 0.404 e. The van der Waals surface area contributed by atoms with Gasteiger partial charge in [-0.2, -0.15) is 4.31 Å². The van der Waals surface area contributed by atoms with Crippen LogP contribution in [0.2, 0.25) is 0 Å². The molecule has 2 aromatic carbocycles. The maximum atomic E-state index is 12.8. The van der Waals surface area contributed by atoms with E-state index in [0.717, 1.165) is 17.7 Å². The lowest BCUT2D eigenvalue weighted by atomic mass is 9.90. The Labute approximate surface area is 150 Å². The van der Waals surface area contributed by atoms with Crippen LogP contribution >= 0.6 is 0 Å². The first-order valence-corrected chi connectivity index (χ1v) is 9.61. The summed E-state index contributed by atoms with van der Waals surface area (Å²) in [5, 5.41) is 0. The molecule has 0 unspecified atom stereocenters. The van der Waals surface area contributed by atoms with Crippen LogP contribution in [0.25, 0.3) is 0 Å². The van der Waals surface area contributed by atoms with Crippen molar-refractivity contribution >= 4 is 10.0 Å². The van der Waals surface area contributed by atoms with Gasteiger partial charge in [0.2, 0.25) is 10.0 Å². The van der Waals surface area contributed by atoms with Crippen LogP contribution in [0.4, 0.5) is 13.2 Å². The molecule has 26 heavy (non-hydrogen) atoms. The van der Waals surface area contributed by atoms with Crippen molar-refractivity contribution in [3.63, 3.8) is 0 Å². The van der Waals surface area contributed by atoms with Crippen molar-refractivity contribution in [1.29, 1.82) is 0 Å². The van der Waals surface area contributed by atoms with Crippen LogP contribution in [0.3, 0.4) is 0 Å². The Bertz CT molecular complexity index is 845. The van der Waals surface area contributed by atoms with Gasteiger partial charge in [0, 0.05) is 13.1 Å². The summed E-state index contributed by atoms with van der Waals surface area (Å²) < 4.78 is 68.4. The summed E-state index contributed by atoms with van der Waals surface area (Å²) in [6.07, 6.45) is -3.72. The zero-order chi connectivity index (χ0) is 18.8. The molecule has 8 heteroatoms. The van der Waals surface area contributed by atoms with Crippen LogP contribution in [0.1, 0.15) is 24.3 Å². The molecule has 4 nitrogen and oxygen atoms in total. The van der Waals surface area contributed by atoms with E-state index < -0.39 is 27.0 Å². The highest BCUT2D eigenvalue weighted by molar-refractivity contribution is 7.89. The summed E-state index contributed by atoms with van der Waals surface area (Å²) in [6.45, 7) is 0.504. The summed E-state index contributed by atoms with van der Waals surface area (Å²) in [7, 11) is -4.06. The number of piperidine rings is 1. The third-order valence-electron chi connectivity index (χ3n) is 4.42. The summed E-state index contributed by atoms with van der Waals surface area (Å²) in [6, 6.07) is 14.6. The zero-order valence-corrected chi connectivity index (χ0v) is 14.6. The molecule has 0 amide bonds. The van der Waals surface area contributed by atoms with Crippen LogP contribution in [-0.4, -0.2) is 32.2 Å². The number of rotatable bonds is 4. The molecule has 1 heterocycles. The highest BCUT2D eigenvalue weighted by atomic mass is 32.2. The van der Waals surface area contributed by atoms with Crippen molar-refractivity contribution in [3.8, 4) is 5.75 Å². The van der Waals surface area contributed by atoms with Gasteiger partial charge in [-0.1, -0.05) is 42.5 Å². The highest BCUT2D eigenvalue weighted by Gasteiger charge is 2.36. The minimum atomic E-state index is -4.95. The quantitative estimate of drug-likeness (QED) is 0.794. The molecule has 0 atom stereocenters. The average molecular weight is 385 g/mol. The van der Waals surface area contributed by atoms with Gasteiger partial charge in [0.1, 0.15) is 10.6 Å². The van der Waals surface area contributed by atoms with Gasteiger partial charge >= 0.3 is 6.36 Å². The van der Waals surface area contributed by atoms with Gasteiger partial charge < -0.3 is 4.74 Å². The maximum Gasteiger partial charge on any atom is 0.573 e. The van der Waals surface area contributed by atoms with Gasteiger partial charge in [-0.15, -0.1) is 13.2 Å². The van der Waals surface area contributed by atoms with Gasteiger partial charge in [-0.25, -0.2) is 8.42 Å². The van der Waals surface area contributed by atoms with Crippen LogP contribution < -0.4 is 4.74 Å². The molecular formula is C18H18F3NO3S. The van der Waals surface area contributed by atoms with Crippen molar-refractivity contribution in [1.82, 2.24) is 4.31 Å². The third kappa shape index (κ3) is 4.19. The maximum absolute atomic E-state index is 12.8. The molecule has 2 aromatic rings. The third-order valence-corrected chi connectivity index (χ3v) is 6.36. The van der Waals surface area contributed by atoms with Gasteiger partial charge in [0.05, 0.1) is 0 Å². The molecule has 3 rings (SSSR count). The SMILES string of the molecule is O=S(=O)(c1ccccc1OC(F)(F)F)N1CCC(c2ccccc2)CC1. The first kappa shape index (κ1) is 18.7. The number of para-hydroxylation sites is 1. The second-order valence-corrected chi connectivity index (χ2v) is 7.99. The Balaban J connectivity index is 1.78. The van der Waals surface area contributed by atoms with E-state index in [9.17, 15) is 21.6 Å². The van der Waals surface area contributed by atoms with Gasteiger partial charge in [0.25, 0.3) is 0 Å². The van der Waals surface area contributed by atoms with Gasteiger partial charge in [-0.3, -0.25) is 0 Å². The van der Waals surface area contributed by atoms with Crippen LogP contribution in [0.15, 0.2) is 59.5 Å². The van der Waals surface area contributed by atoms with E-state index >= 15 is 0 Å². The molecule has 1 saturated heterocycles. The number of ether oxygens (including phenoxy) is 1. The van der Waals surface area contributed by atoms with E-state index in [2.05, 4.69) is 4.74 Å². The molecule has 1 aliphatic rings. The monoisotopic (exact) mass is 385 g/mol. The fraction of sp³-hybridized carbons (Fsp3) is 0.333. The van der Waals surface area contributed by atoms with Crippen molar-refractivity contribution in [2.45, 2.75) is 30.0 Å². The molecule has 0 N–H and O–H groups in total. The van der Waals surface area contributed by atoms with E-state index in [-0.39, 0.29) is 19.0 Å². The molecule has 0 aromatic heterocycles. The fourth-order valence-corrected chi connectivity index (χ4v) is 4.75. The van der Waals surface area contributed by atoms with E-state index in [1.165, 1.54) is 16.4 Å². The molecule has 140 valence electrons. The number of sulfonamides is 1. The normalized spacial score (nSPS) is 17.2. The minimum Gasteiger partial charge on any atom is -0.404 e. The lowest BCUT2D eigenvalue weighted by molar-refractivity contribution is -0.275. The number of alkyl halides is 3. The number of hydrogen-bond acceptors (Lipinski definition) is 3. The summed E-state index contributed by atoms with van der Waals surface area (Å²) in [4.78, 5) is -0.463. The number of nitrogens with zero attached hydrogens (tertiary/aromatic N) is 1. The molecule has 0 saturated carbocycles. The summed E-state index contributed by atoms with van der Waals surface area (Å²) >= 11 is 0. The molecular weight excluding hydrogens is 367 g/mol. The molecule has 1 aliphatic heterocycles. The lowest BCUT2D eigenvalue weighted by Crippen LogP contribution is -2.38. The second-order valence-electron chi connectivity index (χ2n) is 6.08. The second kappa shape index (κ2) is 7.28. The fourth-order valence-electron chi connectivity index (χ4n) is 3.17. The number of benzene rings is 2. The van der Waals surface area contributed by atoms with Crippen molar-refractivity contribution in [2.24, 2.45) is 0 Å². The Morgan fingerprint density at radius 3 is 2.12 bits per heavy atom. The van der Waals surface area contributed by atoms with E-state index in [4.69, 9.17) is 0 Å². The molecule has 0 aliphatic carbocycles. The predicted octanol–water partition coefficient (Wildman–Crippen LogP) is 4.15. The number of halogens is 3. The average Bonchev–Trinajstić information content (AvgIpc) is 2.61. The number of hydrogen-bond donors (Lipinski definition) is 0. The zero-order valence-electron chi connectivity index (χ0n) is 13.8. The van der Waals surface area contributed by atoms with Crippen molar-refractivity contribution < 1.29 is 26.3 Å². The van der Waals surface area contributed by atoms with E-state index in [0.29, 0.717) is 12.8 Å². The lowest BCUT2D eigenvalue weighted by Gasteiger charge is -2.31. The predicted molar refractivity (Wildman–Crippen MR) is 90.3 cm³/mol. The van der Waals surface area contributed by atoms with Gasteiger partial charge in [-0.05, 0) is 36.5 Å². The largest absolute Gasteiger partial charge is 0.573 e. The highest BCUT2D eigenvalue weighted by Crippen LogP contribution is 2.34. The van der Waals surface area contributed by atoms with Crippen molar-refractivity contribution in [3.05, 3.63) is 60.2 Å². The Morgan fingerprint density at radius 2 is 1.50 bits per heavy atom. The Morgan fingerprint density at radius 1 is 0.923 bits per heavy atom. The minimum absolute atomic E-state index is 0.240. The van der Waals surface area contributed by atoms with Crippen LogP contribution in [0.5, 0.6) is 5.75 Å². The summed E-state index contributed by atoms with van der Waals surface area (Å²) in [5.41, 5.74) is 1.14. The molecule has 0 spiro atoms.